The lowest BCUT2D eigenvalue weighted by atomic mass is 9.52. The third-order valence-electron chi connectivity index (χ3n) is 6.90. The molecule has 1 amide bonds. The van der Waals surface area contributed by atoms with Gasteiger partial charge < -0.3 is 10.4 Å². The number of carbonyl (C=O) groups excluding carboxylic acids is 1. The van der Waals surface area contributed by atoms with Gasteiger partial charge in [0.2, 0.25) is 15.9 Å². The summed E-state index contributed by atoms with van der Waals surface area (Å²) >= 11 is 5.77. The molecule has 4 fully saturated rings. The molecule has 2 atom stereocenters. The molecule has 0 radical (unpaired) electrons. The smallest absolute Gasteiger partial charge is 0.290 e. The normalized spacial score (nSPS) is 32.1. The van der Waals surface area contributed by atoms with Crippen molar-refractivity contribution in [2.45, 2.75) is 68.0 Å². The Morgan fingerprint density at radius 3 is 2.42 bits per heavy atom. The molecule has 31 heavy (non-hydrogen) atoms. The first kappa shape index (κ1) is 22.4. The number of halogens is 1. The number of aliphatic hydroxyl groups is 1. The predicted molar refractivity (Wildman–Crippen MR) is 113 cm³/mol. The number of nitrogens with one attached hydrogen (secondary N) is 2. The Morgan fingerprint density at radius 2 is 1.87 bits per heavy atom. The molecule has 5 rings (SSSR count). The van der Waals surface area contributed by atoms with Gasteiger partial charge in [0.05, 0.1) is 10.5 Å². The zero-order valence-corrected chi connectivity index (χ0v) is 18.9. The highest BCUT2D eigenvalue weighted by Crippen LogP contribution is 2.55. The molecule has 1 aromatic carbocycles. The monoisotopic (exact) mass is 471 g/mol. The molecule has 0 heterocycles. The molecular weight excluding hydrogens is 446 g/mol. The number of hydrogen-bond acceptors (Lipinski definition) is 6. The minimum absolute atomic E-state index is 0.0335. The van der Waals surface area contributed by atoms with Gasteiger partial charge in [0.15, 0.2) is 4.90 Å². The minimum atomic E-state index is -4.38. The van der Waals surface area contributed by atoms with Crippen LogP contribution < -0.4 is 10.0 Å². The van der Waals surface area contributed by atoms with Crippen molar-refractivity contribution in [1.29, 1.82) is 0 Å². The van der Waals surface area contributed by atoms with Gasteiger partial charge in [-0.15, -0.1) is 0 Å². The number of nitro benzene ring substituents is 1. The summed E-state index contributed by atoms with van der Waals surface area (Å²) < 4.78 is 28.1. The van der Waals surface area contributed by atoms with E-state index in [-0.39, 0.29) is 22.9 Å². The molecule has 4 saturated carbocycles. The van der Waals surface area contributed by atoms with E-state index in [1.165, 1.54) is 19.9 Å². The molecule has 4 aliphatic rings. The van der Waals surface area contributed by atoms with E-state index in [2.05, 4.69) is 10.0 Å². The van der Waals surface area contributed by atoms with Crippen LogP contribution in [0.15, 0.2) is 23.1 Å². The number of benzene rings is 1. The lowest BCUT2D eigenvalue weighted by Crippen LogP contribution is -2.65. The van der Waals surface area contributed by atoms with E-state index < -0.39 is 42.6 Å². The minimum Gasteiger partial charge on any atom is -0.390 e. The van der Waals surface area contributed by atoms with Gasteiger partial charge in [0, 0.05) is 17.1 Å². The van der Waals surface area contributed by atoms with Gasteiger partial charge >= 0.3 is 0 Å². The van der Waals surface area contributed by atoms with Crippen LogP contribution in [0.1, 0.15) is 46.0 Å². The van der Waals surface area contributed by atoms with E-state index >= 15 is 0 Å². The van der Waals surface area contributed by atoms with Gasteiger partial charge in [-0.2, -0.15) is 4.72 Å². The van der Waals surface area contributed by atoms with Crippen molar-refractivity contribution in [3.8, 4) is 0 Å². The van der Waals surface area contributed by atoms with E-state index in [1.807, 2.05) is 0 Å². The molecule has 0 spiro atoms. The third-order valence-corrected chi connectivity index (χ3v) is 8.84. The summed E-state index contributed by atoms with van der Waals surface area (Å²) in [5.74, 6) is 0.319. The summed E-state index contributed by atoms with van der Waals surface area (Å²) in [5.41, 5.74) is -2.84. The molecule has 4 bridgehead atoms. The zero-order chi connectivity index (χ0) is 22.8. The first-order valence-electron chi connectivity index (χ1n) is 10.3. The van der Waals surface area contributed by atoms with Crippen molar-refractivity contribution in [2.24, 2.45) is 17.8 Å². The molecule has 0 saturated heterocycles. The second-order valence-corrected chi connectivity index (χ2v) is 11.9. The van der Waals surface area contributed by atoms with Crippen LogP contribution in [0.25, 0.3) is 0 Å². The van der Waals surface area contributed by atoms with Gasteiger partial charge in [-0.1, -0.05) is 11.6 Å². The Bertz CT molecular complexity index is 1030. The molecule has 9 nitrogen and oxygen atoms in total. The standard InChI is InChI=1S/C20H26ClN3O6S/c1-19(2,23-31(29,30)16-4-3-14(21)7-15(16)24(27)28)18(25)22-17-12-5-11-6-13(17)10-20(26,8-11)9-12/h3-4,7,11-13,17,23,26H,5-6,8-10H2,1-2H3,(H,22,25). The Balaban J connectivity index is 1.51. The van der Waals surface area contributed by atoms with Gasteiger partial charge in [-0.3, -0.25) is 14.9 Å². The number of sulfonamides is 1. The Labute approximate surface area is 185 Å². The molecule has 0 aliphatic heterocycles. The summed E-state index contributed by atoms with van der Waals surface area (Å²) in [5, 5.41) is 25.1. The molecule has 1 aromatic rings. The van der Waals surface area contributed by atoms with Gasteiger partial charge in [0.25, 0.3) is 5.69 Å². The molecular formula is C20H26ClN3O6S. The third kappa shape index (κ3) is 4.18. The zero-order valence-electron chi connectivity index (χ0n) is 17.3. The molecule has 11 heteroatoms. The average molecular weight is 472 g/mol. The van der Waals surface area contributed by atoms with Gasteiger partial charge in [-0.25, -0.2) is 8.42 Å². The van der Waals surface area contributed by atoms with E-state index in [4.69, 9.17) is 11.6 Å². The fraction of sp³-hybridized carbons (Fsp3) is 0.650. The van der Waals surface area contributed by atoms with Crippen molar-refractivity contribution in [3.05, 3.63) is 33.3 Å². The molecule has 4 aliphatic carbocycles. The summed E-state index contributed by atoms with van der Waals surface area (Å²) in [6.45, 7) is 2.84. The van der Waals surface area contributed by atoms with Crippen LogP contribution in [-0.4, -0.2) is 41.5 Å². The summed E-state index contributed by atoms with van der Waals surface area (Å²) in [4.78, 5) is 23.0. The number of nitrogens with zero attached hydrogens (tertiary/aromatic N) is 1. The lowest BCUT2D eigenvalue weighted by molar-refractivity contribution is -0.387. The first-order chi connectivity index (χ1) is 14.3. The second kappa shape index (κ2) is 7.40. The fourth-order valence-electron chi connectivity index (χ4n) is 5.85. The molecule has 2 unspecified atom stereocenters. The molecule has 3 N–H and O–H groups in total. The fourth-order valence-corrected chi connectivity index (χ4v) is 7.54. The Morgan fingerprint density at radius 1 is 1.26 bits per heavy atom. The van der Waals surface area contributed by atoms with Crippen molar-refractivity contribution < 1.29 is 23.2 Å². The second-order valence-electron chi connectivity index (χ2n) is 9.79. The predicted octanol–water partition coefficient (Wildman–Crippen LogP) is 2.36. The SMILES string of the molecule is CC(C)(NS(=O)(=O)c1ccc(Cl)cc1[N+](=O)[O-])C(=O)NC1C2CC3CC1CC(O)(C3)C2. The van der Waals surface area contributed by atoms with E-state index in [0.717, 1.165) is 31.4 Å². The van der Waals surface area contributed by atoms with Crippen LogP contribution in [0.4, 0.5) is 5.69 Å². The first-order valence-corrected chi connectivity index (χ1v) is 12.2. The van der Waals surface area contributed by atoms with E-state index in [9.17, 15) is 28.4 Å². The summed E-state index contributed by atoms with van der Waals surface area (Å²) in [7, 11) is -4.38. The van der Waals surface area contributed by atoms with Crippen LogP contribution in [0.3, 0.4) is 0 Å². The topological polar surface area (TPSA) is 139 Å². The van der Waals surface area contributed by atoms with Crippen molar-refractivity contribution in [2.75, 3.05) is 0 Å². The summed E-state index contributed by atoms with van der Waals surface area (Å²) in [6.07, 6.45) is 4.02. The van der Waals surface area contributed by atoms with Crippen LogP contribution in [-0.2, 0) is 14.8 Å². The highest BCUT2D eigenvalue weighted by Gasteiger charge is 2.55. The highest BCUT2D eigenvalue weighted by molar-refractivity contribution is 7.89. The molecule has 0 aromatic heterocycles. The highest BCUT2D eigenvalue weighted by atomic mass is 35.5. The largest absolute Gasteiger partial charge is 0.390 e. The van der Waals surface area contributed by atoms with Crippen LogP contribution in [0, 0.1) is 27.9 Å². The number of rotatable bonds is 6. The van der Waals surface area contributed by atoms with Crippen molar-refractivity contribution in [3.63, 3.8) is 0 Å². The van der Waals surface area contributed by atoms with E-state index in [1.54, 1.807) is 0 Å². The number of hydrogen-bond donors (Lipinski definition) is 3. The number of nitro groups is 1. The Kier molecular flexibility index (Phi) is 5.36. The number of amides is 1. The van der Waals surface area contributed by atoms with Crippen LogP contribution in [0.5, 0.6) is 0 Å². The average Bonchev–Trinajstić information content (AvgIpc) is 2.61. The maximum Gasteiger partial charge on any atom is 0.290 e. The maximum atomic E-state index is 13.1. The van der Waals surface area contributed by atoms with E-state index in [0.29, 0.717) is 18.8 Å². The quantitative estimate of drug-likeness (QED) is 0.430. The maximum absolute atomic E-state index is 13.1. The van der Waals surface area contributed by atoms with Gasteiger partial charge in [-0.05, 0) is 75.8 Å². The summed E-state index contributed by atoms with van der Waals surface area (Å²) in [6, 6.07) is 3.14. The molecule has 170 valence electrons. The lowest BCUT2D eigenvalue weighted by Gasteiger charge is -2.58. The van der Waals surface area contributed by atoms with Crippen molar-refractivity contribution in [1.82, 2.24) is 10.0 Å². The van der Waals surface area contributed by atoms with Crippen LogP contribution >= 0.6 is 11.6 Å². The number of carbonyl (C=O) groups is 1. The van der Waals surface area contributed by atoms with Gasteiger partial charge in [0.1, 0.15) is 5.54 Å². The Hall–Kier alpha value is -1.75. The van der Waals surface area contributed by atoms with Crippen molar-refractivity contribution >= 4 is 33.2 Å². The van der Waals surface area contributed by atoms with Crippen LogP contribution in [0.2, 0.25) is 5.02 Å².